The molecule has 3 rings (SSSR count). The molecule has 0 aromatic heterocycles. The van der Waals surface area contributed by atoms with E-state index in [1.165, 1.54) is 18.7 Å². The van der Waals surface area contributed by atoms with Crippen molar-refractivity contribution in [3.63, 3.8) is 0 Å². The number of aromatic hydroxyl groups is 1. The Morgan fingerprint density at radius 2 is 2.14 bits per heavy atom. The number of thiocarbonyl (C=S) groups is 1. The Kier molecular flexibility index (Phi) is 4.57. The van der Waals surface area contributed by atoms with Crippen LogP contribution in [0.1, 0.15) is 18.4 Å². The summed E-state index contributed by atoms with van der Waals surface area (Å²) in [6.45, 7) is 0. The van der Waals surface area contributed by atoms with Gasteiger partial charge in [0.15, 0.2) is 5.11 Å². The number of nitrogens with zero attached hydrogens (tertiary/aromatic N) is 1. The molecule has 0 saturated heterocycles. The first-order chi connectivity index (χ1) is 10.5. The third-order valence-corrected chi connectivity index (χ3v) is 4.74. The number of fused-ring (bicyclic) bond motifs is 2. The summed E-state index contributed by atoms with van der Waals surface area (Å²) in [7, 11) is 0. The number of phenols is 1. The lowest BCUT2D eigenvalue weighted by Crippen LogP contribution is -2.42. The molecule has 1 aromatic carbocycles. The lowest BCUT2D eigenvalue weighted by atomic mass is 10.0. The number of hydrazone groups is 1. The second-order valence-corrected chi connectivity index (χ2v) is 6.81. The van der Waals surface area contributed by atoms with Crippen LogP contribution in [-0.2, 0) is 0 Å². The number of rotatable bonds is 3. The highest BCUT2D eigenvalue weighted by atomic mass is 35.5. The van der Waals surface area contributed by atoms with Crippen molar-refractivity contribution in [1.82, 2.24) is 10.7 Å². The fourth-order valence-corrected chi connectivity index (χ4v) is 3.71. The topological polar surface area (TPSA) is 56.7 Å². The third-order valence-electron chi connectivity index (χ3n) is 4.02. The zero-order valence-electron chi connectivity index (χ0n) is 11.6. The second kappa shape index (κ2) is 6.44. The molecule has 0 amide bonds. The number of phenolic OH excluding ortho intramolecular Hbond substituents is 1. The average Bonchev–Trinajstić information content (AvgIpc) is 3.06. The van der Waals surface area contributed by atoms with Crippen LogP contribution >= 0.6 is 35.4 Å². The van der Waals surface area contributed by atoms with Crippen LogP contribution in [0.15, 0.2) is 29.4 Å². The van der Waals surface area contributed by atoms with Crippen LogP contribution in [0.25, 0.3) is 0 Å². The van der Waals surface area contributed by atoms with Gasteiger partial charge in [-0.15, -0.1) is 0 Å². The van der Waals surface area contributed by atoms with Crippen LogP contribution < -0.4 is 10.7 Å². The molecule has 2 bridgehead atoms. The molecule has 0 unspecified atom stereocenters. The Hall–Kier alpha value is -1.30. The third kappa shape index (κ3) is 3.37. The van der Waals surface area contributed by atoms with Gasteiger partial charge in [0.05, 0.1) is 11.2 Å². The summed E-state index contributed by atoms with van der Waals surface area (Å²) in [4.78, 5) is 0. The van der Waals surface area contributed by atoms with Gasteiger partial charge >= 0.3 is 0 Å². The van der Waals surface area contributed by atoms with Crippen molar-refractivity contribution in [3.8, 4) is 5.75 Å². The first kappa shape index (κ1) is 15.6. The van der Waals surface area contributed by atoms with Crippen molar-refractivity contribution in [2.24, 2.45) is 16.9 Å². The van der Waals surface area contributed by atoms with Crippen LogP contribution in [0, 0.1) is 11.8 Å². The van der Waals surface area contributed by atoms with E-state index < -0.39 is 0 Å². The molecule has 116 valence electrons. The first-order valence-electron chi connectivity index (χ1n) is 6.99. The monoisotopic (exact) mass is 355 g/mol. The van der Waals surface area contributed by atoms with Crippen molar-refractivity contribution >= 4 is 46.7 Å². The molecule has 7 heteroatoms. The van der Waals surface area contributed by atoms with Crippen molar-refractivity contribution in [2.45, 2.75) is 18.9 Å². The molecule has 0 heterocycles. The van der Waals surface area contributed by atoms with Gasteiger partial charge in [-0.05, 0) is 49.0 Å². The quantitative estimate of drug-likeness (QED) is 0.336. The summed E-state index contributed by atoms with van der Waals surface area (Å²) < 4.78 is 0. The van der Waals surface area contributed by atoms with Crippen LogP contribution in [0.3, 0.4) is 0 Å². The van der Waals surface area contributed by atoms with E-state index >= 15 is 0 Å². The fourth-order valence-electron chi connectivity index (χ4n) is 2.99. The van der Waals surface area contributed by atoms with Crippen LogP contribution in [0.4, 0.5) is 0 Å². The molecule has 22 heavy (non-hydrogen) atoms. The molecular weight excluding hydrogens is 341 g/mol. The van der Waals surface area contributed by atoms with Crippen LogP contribution in [0.5, 0.6) is 5.75 Å². The van der Waals surface area contributed by atoms with Crippen LogP contribution in [0.2, 0.25) is 10.0 Å². The number of hydrogen-bond acceptors (Lipinski definition) is 3. The van der Waals surface area contributed by atoms with Crippen molar-refractivity contribution in [3.05, 3.63) is 39.9 Å². The lowest BCUT2D eigenvalue weighted by molar-refractivity contribution is 0.474. The van der Waals surface area contributed by atoms with Gasteiger partial charge in [-0.2, -0.15) is 5.10 Å². The summed E-state index contributed by atoms with van der Waals surface area (Å²) in [5.74, 6) is 1.18. The van der Waals surface area contributed by atoms with Gasteiger partial charge < -0.3 is 10.4 Å². The molecule has 1 aromatic rings. The average molecular weight is 356 g/mol. The molecule has 0 aliphatic heterocycles. The molecule has 0 radical (unpaired) electrons. The van der Waals surface area contributed by atoms with Gasteiger partial charge in [0.2, 0.25) is 0 Å². The van der Waals surface area contributed by atoms with E-state index in [1.807, 2.05) is 0 Å². The van der Waals surface area contributed by atoms with Gasteiger partial charge in [0.25, 0.3) is 0 Å². The molecule has 1 saturated carbocycles. The molecule has 1 fully saturated rings. The lowest BCUT2D eigenvalue weighted by Gasteiger charge is -2.20. The number of allylic oxidation sites excluding steroid dienone is 1. The van der Waals surface area contributed by atoms with E-state index in [4.69, 9.17) is 35.4 Å². The van der Waals surface area contributed by atoms with E-state index in [1.54, 1.807) is 6.07 Å². The van der Waals surface area contributed by atoms with E-state index in [-0.39, 0.29) is 10.8 Å². The standard InChI is InChI=1S/C15H15Cl2N3OS/c16-11-5-10(14(21)12(17)6-11)7-18-20-15(22)19-13-4-8-1-2-9(13)3-8/h1-2,5-9,13,21H,3-4H2,(H2,19,20,22)/b18-7-/t8-,9-,13-/m1/s1. The summed E-state index contributed by atoms with van der Waals surface area (Å²) in [6, 6.07) is 3.42. The summed E-state index contributed by atoms with van der Waals surface area (Å²) in [6.07, 6.45) is 8.28. The highest BCUT2D eigenvalue weighted by Crippen LogP contribution is 2.38. The Balaban J connectivity index is 1.56. The maximum Gasteiger partial charge on any atom is 0.187 e. The molecule has 3 atom stereocenters. The zero-order chi connectivity index (χ0) is 15.7. The predicted octanol–water partition coefficient (Wildman–Crippen LogP) is 3.46. The van der Waals surface area contributed by atoms with Gasteiger partial charge in [-0.1, -0.05) is 35.4 Å². The highest BCUT2D eigenvalue weighted by molar-refractivity contribution is 7.80. The Morgan fingerprint density at radius 1 is 1.32 bits per heavy atom. The normalized spacial score (nSPS) is 25.8. The number of benzene rings is 1. The van der Waals surface area contributed by atoms with Gasteiger partial charge in [0, 0.05) is 16.6 Å². The SMILES string of the molecule is Oc1c(Cl)cc(Cl)cc1/C=N\NC(=S)N[C@@H]1C[C@@H]2C=C[C@@H]1C2. The van der Waals surface area contributed by atoms with Gasteiger partial charge in [0.1, 0.15) is 5.75 Å². The fraction of sp³-hybridized carbons (Fsp3) is 0.333. The van der Waals surface area contributed by atoms with E-state index in [0.717, 1.165) is 6.42 Å². The molecular formula is C15H15Cl2N3OS. The Bertz CT molecular complexity index is 662. The van der Waals surface area contributed by atoms with Crippen molar-refractivity contribution in [2.75, 3.05) is 0 Å². The first-order valence-corrected chi connectivity index (χ1v) is 8.15. The van der Waals surface area contributed by atoms with Gasteiger partial charge in [-0.3, -0.25) is 5.43 Å². The minimum atomic E-state index is -0.0614. The summed E-state index contributed by atoms with van der Waals surface area (Å²) in [5, 5.41) is 18.2. The highest BCUT2D eigenvalue weighted by Gasteiger charge is 2.35. The largest absolute Gasteiger partial charge is 0.506 e. The molecule has 4 nitrogen and oxygen atoms in total. The maximum atomic E-state index is 9.82. The number of hydrogen-bond donors (Lipinski definition) is 3. The second-order valence-electron chi connectivity index (χ2n) is 5.56. The Labute approximate surface area is 144 Å². The number of halogens is 2. The molecule has 0 spiro atoms. The molecule has 2 aliphatic rings. The van der Waals surface area contributed by atoms with E-state index in [9.17, 15) is 5.11 Å². The minimum Gasteiger partial charge on any atom is -0.506 e. The van der Waals surface area contributed by atoms with E-state index in [2.05, 4.69) is 28.0 Å². The van der Waals surface area contributed by atoms with Crippen molar-refractivity contribution < 1.29 is 5.11 Å². The summed E-state index contributed by atoms with van der Waals surface area (Å²) in [5.41, 5.74) is 3.18. The minimum absolute atomic E-state index is 0.0614. The summed E-state index contributed by atoms with van der Waals surface area (Å²) >= 11 is 17.0. The maximum absolute atomic E-state index is 9.82. The predicted molar refractivity (Wildman–Crippen MR) is 93.7 cm³/mol. The van der Waals surface area contributed by atoms with Gasteiger partial charge in [-0.25, -0.2) is 0 Å². The van der Waals surface area contributed by atoms with Crippen LogP contribution in [-0.4, -0.2) is 22.5 Å². The smallest absolute Gasteiger partial charge is 0.187 e. The Morgan fingerprint density at radius 3 is 2.82 bits per heavy atom. The molecule has 2 aliphatic carbocycles. The number of nitrogens with one attached hydrogen (secondary N) is 2. The van der Waals surface area contributed by atoms with E-state index in [0.29, 0.717) is 33.6 Å². The zero-order valence-corrected chi connectivity index (χ0v) is 13.9. The van der Waals surface area contributed by atoms with Crippen molar-refractivity contribution in [1.29, 1.82) is 0 Å². The molecule has 3 N–H and O–H groups in total.